The molecule has 9 heteroatoms. The molecule has 3 aromatic rings. The third-order valence-corrected chi connectivity index (χ3v) is 4.89. The van der Waals surface area contributed by atoms with Gasteiger partial charge < -0.3 is 15.5 Å². The minimum absolute atomic E-state index is 0.0789. The van der Waals surface area contributed by atoms with Gasteiger partial charge >= 0.3 is 11.8 Å². The molecule has 0 atom stereocenters. The zero-order chi connectivity index (χ0) is 24.6. The Bertz CT molecular complexity index is 1270. The molecule has 0 bridgehead atoms. The molecule has 0 aliphatic heterocycles. The number of halogens is 3. The minimum atomic E-state index is -4.45. The number of benzene rings is 2. The molecular weight excluding hydrogens is 437 g/mol. The molecule has 0 aliphatic rings. The maximum atomic E-state index is 12.8. The van der Waals surface area contributed by atoms with Crippen LogP contribution in [0.4, 0.5) is 18.9 Å². The van der Waals surface area contributed by atoms with E-state index in [4.69, 9.17) is 10.2 Å². The van der Waals surface area contributed by atoms with Crippen molar-refractivity contribution in [1.82, 2.24) is 5.32 Å². The lowest BCUT2D eigenvalue weighted by Gasteiger charge is -2.17. The molecular formula is C24H23F3N2O4. The number of anilines is 1. The molecule has 0 fully saturated rings. The molecule has 0 spiro atoms. The van der Waals surface area contributed by atoms with Crippen molar-refractivity contribution in [3.8, 4) is 11.1 Å². The number of Topliss-reactive ketones (excluding diaryl/α,β-unsaturated/α-hetero) is 1. The van der Waals surface area contributed by atoms with Gasteiger partial charge in [-0.2, -0.15) is 13.2 Å². The average molecular weight is 460 g/mol. The molecule has 174 valence electrons. The minimum Gasteiger partial charge on any atom is -0.422 e. The van der Waals surface area contributed by atoms with E-state index in [1.165, 1.54) is 24.3 Å². The number of fused-ring (bicyclic) bond motifs is 1. The highest BCUT2D eigenvalue weighted by molar-refractivity contribution is 6.06. The number of ketones is 1. The van der Waals surface area contributed by atoms with Gasteiger partial charge in [-0.15, -0.1) is 0 Å². The van der Waals surface area contributed by atoms with Gasteiger partial charge in [-0.1, -0.05) is 39.0 Å². The first-order valence-electron chi connectivity index (χ1n) is 10.1. The molecule has 3 N–H and O–H groups in total. The Hall–Kier alpha value is -3.62. The van der Waals surface area contributed by atoms with Crippen molar-refractivity contribution in [2.45, 2.75) is 33.4 Å². The summed E-state index contributed by atoms with van der Waals surface area (Å²) < 4.78 is 43.6. The Balaban J connectivity index is 1.88. The summed E-state index contributed by atoms with van der Waals surface area (Å²) in [5.41, 5.74) is 4.59. The number of alkyl halides is 3. The van der Waals surface area contributed by atoms with Crippen LogP contribution in [0.3, 0.4) is 0 Å². The second-order valence-electron chi connectivity index (χ2n) is 8.92. The third kappa shape index (κ3) is 5.60. The van der Waals surface area contributed by atoms with E-state index in [1.807, 2.05) is 20.8 Å². The Morgan fingerprint density at radius 1 is 1.00 bits per heavy atom. The number of nitrogens with two attached hydrogens (primary N) is 1. The third-order valence-electron chi connectivity index (χ3n) is 4.89. The van der Waals surface area contributed by atoms with Crippen molar-refractivity contribution in [3.05, 3.63) is 64.0 Å². The molecule has 33 heavy (non-hydrogen) atoms. The van der Waals surface area contributed by atoms with Crippen LogP contribution in [0.2, 0.25) is 0 Å². The predicted octanol–water partition coefficient (Wildman–Crippen LogP) is 4.80. The van der Waals surface area contributed by atoms with Crippen LogP contribution in [-0.4, -0.2) is 18.2 Å². The van der Waals surface area contributed by atoms with Crippen LogP contribution in [0.5, 0.6) is 0 Å². The highest BCUT2D eigenvalue weighted by Crippen LogP contribution is 2.32. The predicted molar refractivity (Wildman–Crippen MR) is 119 cm³/mol. The monoisotopic (exact) mass is 460 g/mol. The van der Waals surface area contributed by atoms with Crippen LogP contribution in [-0.2, 0) is 11.0 Å². The summed E-state index contributed by atoms with van der Waals surface area (Å²) in [5.74, 6) is -1.02. The zero-order valence-corrected chi connectivity index (χ0v) is 18.3. The van der Waals surface area contributed by atoms with Crippen LogP contribution >= 0.6 is 0 Å². The number of amides is 1. The Morgan fingerprint density at radius 3 is 2.18 bits per heavy atom. The number of carbonyl (C=O) groups excluding carboxylic acids is 2. The van der Waals surface area contributed by atoms with Crippen LogP contribution in [0.1, 0.15) is 43.1 Å². The van der Waals surface area contributed by atoms with Gasteiger partial charge in [0.15, 0.2) is 5.78 Å². The van der Waals surface area contributed by atoms with Crippen molar-refractivity contribution in [2.24, 2.45) is 5.41 Å². The number of hydrogen-bond donors (Lipinski definition) is 2. The summed E-state index contributed by atoms with van der Waals surface area (Å²) >= 11 is 0. The lowest BCUT2D eigenvalue weighted by atomic mass is 9.90. The second kappa shape index (κ2) is 8.73. The van der Waals surface area contributed by atoms with E-state index in [1.54, 1.807) is 6.07 Å². The van der Waals surface area contributed by atoms with Crippen molar-refractivity contribution in [2.75, 3.05) is 12.3 Å². The molecule has 0 aliphatic carbocycles. The maximum absolute atomic E-state index is 12.8. The summed E-state index contributed by atoms with van der Waals surface area (Å²) in [6.45, 7) is 5.42. The highest BCUT2D eigenvalue weighted by Gasteiger charge is 2.30. The van der Waals surface area contributed by atoms with Gasteiger partial charge in [0.05, 0.1) is 17.8 Å². The van der Waals surface area contributed by atoms with E-state index in [2.05, 4.69) is 5.32 Å². The summed E-state index contributed by atoms with van der Waals surface area (Å²) in [6, 6.07) is 9.10. The zero-order valence-electron chi connectivity index (χ0n) is 18.3. The number of nitrogens with one attached hydrogen (secondary N) is 1. The normalized spacial score (nSPS) is 12.1. The topological polar surface area (TPSA) is 102 Å². The van der Waals surface area contributed by atoms with Crippen LogP contribution < -0.4 is 16.7 Å². The standard InChI is InChI=1S/C24H23F3N2O4/c1-23(2,3)11-16(30)12-29-21(31)19-20(28)17-9-6-14(10-18(17)33-22(19)32)13-4-7-15(8-5-13)24(25,26)27/h4-10H,11-12,28H2,1-3H3,(H,29,31). The summed E-state index contributed by atoms with van der Waals surface area (Å²) in [4.78, 5) is 37.0. The smallest absolute Gasteiger partial charge is 0.416 e. The van der Waals surface area contributed by atoms with Crippen molar-refractivity contribution in [1.29, 1.82) is 0 Å². The molecule has 6 nitrogen and oxygen atoms in total. The summed E-state index contributed by atoms with van der Waals surface area (Å²) in [5, 5.41) is 2.69. The molecule has 0 saturated carbocycles. The van der Waals surface area contributed by atoms with Crippen LogP contribution in [0.15, 0.2) is 51.7 Å². The molecule has 1 amide bonds. The van der Waals surface area contributed by atoms with Gasteiger partial charge in [0.1, 0.15) is 11.1 Å². The van der Waals surface area contributed by atoms with Crippen molar-refractivity contribution < 1.29 is 27.2 Å². The molecule has 0 radical (unpaired) electrons. The van der Waals surface area contributed by atoms with Crippen molar-refractivity contribution >= 4 is 28.3 Å². The Morgan fingerprint density at radius 2 is 1.61 bits per heavy atom. The van der Waals surface area contributed by atoms with E-state index in [0.717, 1.165) is 12.1 Å². The SMILES string of the molecule is CC(C)(C)CC(=O)CNC(=O)c1c(N)c2ccc(-c3ccc(C(F)(F)F)cc3)cc2oc1=O. The van der Waals surface area contributed by atoms with E-state index in [9.17, 15) is 27.6 Å². The average Bonchev–Trinajstić information content (AvgIpc) is 2.70. The lowest BCUT2D eigenvalue weighted by Crippen LogP contribution is -2.34. The van der Waals surface area contributed by atoms with Gasteiger partial charge in [-0.25, -0.2) is 4.79 Å². The first-order chi connectivity index (χ1) is 15.3. The largest absolute Gasteiger partial charge is 0.422 e. The lowest BCUT2D eigenvalue weighted by molar-refractivity contribution is -0.137. The first kappa shape index (κ1) is 24.0. The van der Waals surface area contributed by atoms with Gasteiger partial charge in [-0.3, -0.25) is 9.59 Å². The van der Waals surface area contributed by atoms with E-state index >= 15 is 0 Å². The highest BCUT2D eigenvalue weighted by atomic mass is 19.4. The van der Waals surface area contributed by atoms with Gasteiger partial charge in [-0.05, 0) is 40.8 Å². The van der Waals surface area contributed by atoms with Crippen LogP contribution in [0, 0.1) is 5.41 Å². The molecule has 3 rings (SSSR count). The quantitative estimate of drug-likeness (QED) is 0.533. The fraction of sp³-hybridized carbons (Fsp3) is 0.292. The van der Waals surface area contributed by atoms with Crippen molar-refractivity contribution in [3.63, 3.8) is 0 Å². The van der Waals surface area contributed by atoms with Gasteiger partial charge in [0.2, 0.25) is 0 Å². The number of rotatable bonds is 5. The number of nitrogen functional groups attached to an aromatic ring is 1. The van der Waals surface area contributed by atoms with Gasteiger partial charge in [0, 0.05) is 11.8 Å². The van der Waals surface area contributed by atoms with E-state index in [-0.39, 0.29) is 40.8 Å². The number of hydrogen-bond acceptors (Lipinski definition) is 5. The molecule has 2 aromatic carbocycles. The van der Waals surface area contributed by atoms with E-state index in [0.29, 0.717) is 11.1 Å². The number of carbonyl (C=O) groups is 2. The van der Waals surface area contributed by atoms with Crippen LogP contribution in [0.25, 0.3) is 22.1 Å². The summed E-state index contributed by atoms with van der Waals surface area (Å²) in [7, 11) is 0. The molecule has 1 heterocycles. The maximum Gasteiger partial charge on any atom is 0.416 e. The first-order valence-corrected chi connectivity index (χ1v) is 10.1. The molecule has 0 saturated heterocycles. The van der Waals surface area contributed by atoms with E-state index < -0.39 is 28.8 Å². The molecule has 1 aromatic heterocycles. The molecule has 0 unspecified atom stereocenters. The summed E-state index contributed by atoms with van der Waals surface area (Å²) in [6.07, 6.45) is -4.20. The fourth-order valence-corrected chi connectivity index (χ4v) is 3.39. The second-order valence-corrected chi connectivity index (χ2v) is 8.92. The van der Waals surface area contributed by atoms with Gasteiger partial charge in [0.25, 0.3) is 5.91 Å². The Labute approximate surface area is 187 Å². The Kier molecular flexibility index (Phi) is 6.35. The fourth-order valence-electron chi connectivity index (χ4n) is 3.39.